The van der Waals surface area contributed by atoms with Crippen LogP contribution in [-0.4, -0.2) is 5.17 Å². The normalized spacial score (nSPS) is 9.73. The lowest BCUT2D eigenvalue weighted by molar-refractivity contribution is 1.52. The SMILES string of the molecule is N=C(Cl)c1cccc(Cl)c1Cl. The topological polar surface area (TPSA) is 23.9 Å². The highest BCUT2D eigenvalue weighted by Gasteiger charge is 2.05. The highest BCUT2D eigenvalue weighted by molar-refractivity contribution is 6.70. The summed E-state index contributed by atoms with van der Waals surface area (Å²) in [7, 11) is 0. The fourth-order valence-electron chi connectivity index (χ4n) is 0.673. The minimum absolute atomic E-state index is 0.0995. The highest BCUT2D eigenvalue weighted by atomic mass is 35.5. The van der Waals surface area contributed by atoms with E-state index < -0.39 is 0 Å². The first-order valence-electron chi connectivity index (χ1n) is 2.81. The smallest absolute Gasteiger partial charge is 0.129 e. The third-order valence-electron chi connectivity index (χ3n) is 1.19. The first kappa shape index (κ1) is 8.85. The molecule has 11 heavy (non-hydrogen) atoms. The molecule has 0 heterocycles. The molecule has 1 aromatic rings. The van der Waals surface area contributed by atoms with Crippen molar-refractivity contribution < 1.29 is 0 Å². The first-order chi connectivity index (χ1) is 5.13. The third kappa shape index (κ3) is 1.86. The summed E-state index contributed by atoms with van der Waals surface area (Å²) in [4.78, 5) is 0. The summed E-state index contributed by atoms with van der Waals surface area (Å²) in [6.07, 6.45) is 0. The molecule has 0 aromatic heterocycles. The molecule has 0 aliphatic carbocycles. The molecule has 0 amide bonds. The summed E-state index contributed by atoms with van der Waals surface area (Å²) >= 11 is 16.8. The van der Waals surface area contributed by atoms with Crippen molar-refractivity contribution in [3.63, 3.8) is 0 Å². The van der Waals surface area contributed by atoms with Gasteiger partial charge in [-0.25, -0.2) is 0 Å². The van der Waals surface area contributed by atoms with Crippen molar-refractivity contribution in [2.45, 2.75) is 0 Å². The van der Waals surface area contributed by atoms with Crippen molar-refractivity contribution in [3.8, 4) is 0 Å². The van der Waals surface area contributed by atoms with E-state index in [-0.39, 0.29) is 5.17 Å². The van der Waals surface area contributed by atoms with Gasteiger partial charge in [-0.1, -0.05) is 46.9 Å². The third-order valence-corrected chi connectivity index (χ3v) is 2.21. The molecule has 1 N–H and O–H groups in total. The van der Waals surface area contributed by atoms with Crippen molar-refractivity contribution in [1.82, 2.24) is 0 Å². The molecule has 0 fully saturated rings. The van der Waals surface area contributed by atoms with Crippen LogP contribution in [0.25, 0.3) is 0 Å². The fourth-order valence-corrected chi connectivity index (χ4v) is 1.27. The van der Waals surface area contributed by atoms with Gasteiger partial charge in [-0.05, 0) is 6.07 Å². The Morgan fingerprint density at radius 1 is 1.27 bits per heavy atom. The highest BCUT2D eigenvalue weighted by Crippen LogP contribution is 2.26. The van der Waals surface area contributed by atoms with Gasteiger partial charge in [0.2, 0.25) is 0 Å². The van der Waals surface area contributed by atoms with E-state index in [1.54, 1.807) is 18.2 Å². The molecule has 0 aliphatic rings. The van der Waals surface area contributed by atoms with Crippen LogP contribution in [0.1, 0.15) is 5.56 Å². The minimum Gasteiger partial charge on any atom is -0.289 e. The molecule has 4 heteroatoms. The second kappa shape index (κ2) is 3.44. The van der Waals surface area contributed by atoms with E-state index in [1.165, 1.54) is 0 Å². The van der Waals surface area contributed by atoms with Gasteiger partial charge in [0, 0.05) is 5.56 Å². The Hall–Kier alpha value is -0.240. The number of hydrogen-bond donors (Lipinski definition) is 1. The molecular formula is C7H4Cl3N. The van der Waals surface area contributed by atoms with Crippen molar-refractivity contribution in [2.75, 3.05) is 0 Å². The molecule has 58 valence electrons. The van der Waals surface area contributed by atoms with Crippen molar-refractivity contribution in [3.05, 3.63) is 33.8 Å². The van der Waals surface area contributed by atoms with E-state index in [9.17, 15) is 0 Å². The van der Waals surface area contributed by atoms with E-state index in [1.807, 2.05) is 0 Å². The number of nitrogens with one attached hydrogen (secondary N) is 1. The van der Waals surface area contributed by atoms with Crippen LogP contribution >= 0.6 is 34.8 Å². The van der Waals surface area contributed by atoms with E-state index >= 15 is 0 Å². The predicted molar refractivity (Wildman–Crippen MR) is 49.1 cm³/mol. The molecule has 0 aliphatic heterocycles. The second-order valence-corrected chi connectivity index (χ2v) is 3.08. The van der Waals surface area contributed by atoms with Gasteiger partial charge >= 0.3 is 0 Å². The fraction of sp³-hybridized carbons (Fsp3) is 0. The van der Waals surface area contributed by atoms with Crippen molar-refractivity contribution >= 4 is 40.0 Å². The van der Waals surface area contributed by atoms with E-state index in [4.69, 9.17) is 40.2 Å². The van der Waals surface area contributed by atoms with Crippen LogP contribution < -0.4 is 0 Å². The maximum atomic E-state index is 7.10. The molecule has 1 nitrogen and oxygen atoms in total. The number of rotatable bonds is 1. The summed E-state index contributed by atoms with van der Waals surface area (Å²) in [5.74, 6) is 0. The average Bonchev–Trinajstić information content (AvgIpc) is 1.94. The Balaban J connectivity index is 3.27. The van der Waals surface area contributed by atoms with Crippen molar-refractivity contribution in [2.24, 2.45) is 0 Å². The molecule has 0 radical (unpaired) electrons. The molecule has 0 unspecified atom stereocenters. The van der Waals surface area contributed by atoms with Gasteiger partial charge in [0.15, 0.2) is 0 Å². The largest absolute Gasteiger partial charge is 0.289 e. The quantitative estimate of drug-likeness (QED) is 0.683. The van der Waals surface area contributed by atoms with Gasteiger partial charge in [0.05, 0.1) is 10.0 Å². The zero-order valence-corrected chi connectivity index (χ0v) is 7.63. The molecule has 0 saturated carbocycles. The van der Waals surface area contributed by atoms with E-state index in [2.05, 4.69) is 0 Å². The standard InChI is InChI=1S/C7H4Cl3N/c8-5-3-1-2-4(6(5)9)7(10)11/h1-3,11H. The maximum Gasteiger partial charge on any atom is 0.129 e. The van der Waals surface area contributed by atoms with Crippen LogP contribution in [-0.2, 0) is 0 Å². The second-order valence-electron chi connectivity index (χ2n) is 1.92. The summed E-state index contributed by atoms with van der Waals surface area (Å²) in [6.45, 7) is 0. The predicted octanol–water partition coefficient (Wildman–Crippen LogP) is 3.56. The Labute approximate surface area is 79.4 Å². The molecule has 1 rings (SSSR count). The zero-order valence-electron chi connectivity index (χ0n) is 5.37. The van der Waals surface area contributed by atoms with Crippen LogP contribution in [0.2, 0.25) is 10.0 Å². The first-order valence-corrected chi connectivity index (χ1v) is 3.94. The summed E-state index contributed by atoms with van der Waals surface area (Å²) in [6, 6.07) is 4.98. The number of halogens is 3. The lowest BCUT2D eigenvalue weighted by Gasteiger charge is -2.00. The molecule has 0 atom stereocenters. The van der Waals surface area contributed by atoms with Gasteiger partial charge in [-0.15, -0.1) is 0 Å². The summed E-state index contributed by atoms with van der Waals surface area (Å²) in [5, 5.41) is 7.74. The van der Waals surface area contributed by atoms with E-state index in [0.717, 1.165) is 0 Å². The van der Waals surface area contributed by atoms with Gasteiger partial charge in [-0.2, -0.15) is 0 Å². The van der Waals surface area contributed by atoms with Gasteiger partial charge in [-0.3, -0.25) is 5.41 Å². The van der Waals surface area contributed by atoms with Crippen LogP contribution in [0.4, 0.5) is 0 Å². The Morgan fingerprint density at radius 3 is 2.36 bits per heavy atom. The van der Waals surface area contributed by atoms with Crippen LogP contribution in [0.5, 0.6) is 0 Å². The number of hydrogen-bond acceptors (Lipinski definition) is 1. The summed E-state index contributed by atoms with van der Waals surface area (Å²) < 4.78 is 0. The van der Waals surface area contributed by atoms with Gasteiger partial charge in [0.25, 0.3) is 0 Å². The van der Waals surface area contributed by atoms with Crippen molar-refractivity contribution in [1.29, 1.82) is 5.41 Å². The van der Waals surface area contributed by atoms with Gasteiger partial charge < -0.3 is 0 Å². The Kier molecular flexibility index (Phi) is 2.77. The Bertz CT molecular complexity index is 296. The van der Waals surface area contributed by atoms with Gasteiger partial charge in [0.1, 0.15) is 5.17 Å². The minimum atomic E-state index is -0.0995. The lowest BCUT2D eigenvalue weighted by atomic mass is 10.2. The molecule has 0 spiro atoms. The molecule has 0 bridgehead atoms. The van der Waals surface area contributed by atoms with Crippen LogP contribution in [0.15, 0.2) is 18.2 Å². The lowest BCUT2D eigenvalue weighted by Crippen LogP contribution is -1.89. The van der Waals surface area contributed by atoms with E-state index in [0.29, 0.717) is 15.6 Å². The van der Waals surface area contributed by atoms with Crippen LogP contribution in [0.3, 0.4) is 0 Å². The maximum absolute atomic E-state index is 7.10. The monoisotopic (exact) mass is 207 g/mol. The molecular weight excluding hydrogens is 204 g/mol. The zero-order chi connectivity index (χ0) is 8.43. The molecule has 1 aromatic carbocycles. The average molecular weight is 208 g/mol. The van der Waals surface area contributed by atoms with Crippen LogP contribution in [0, 0.1) is 5.41 Å². The number of benzene rings is 1. The summed E-state index contributed by atoms with van der Waals surface area (Å²) in [5.41, 5.74) is 0.459. The molecule has 0 saturated heterocycles. The Morgan fingerprint density at radius 2 is 1.91 bits per heavy atom.